The van der Waals surface area contributed by atoms with Crippen LogP contribution >= 0.6 is 45.2 Å². The van der Waals surface area contributed by atoms with Gasteiger partial charge in [0.2, 0.25) is 0 Å². The first-order valence-corrected chi connectivity index (χ1v) is 10.8. The molecule has 2 fully saturated rings. The smallest absolute Gasteiger partial charge is 0.254 e. The van der Waals surface area contributed by atoms with Crippen molar-refractivity contribution in [3.05, 3.63) is 37.0 Å². The Balaban J connectivity index is 1.56. The summed E-state index contributed by atoms with van der Waals surface area (Å²) in [5, 5.41) is 5.32. The molecule has 1 saturated carbocycles. The molecule has 2 amide bonds. The average Bonchev–Trinajstić information content (AvgIpc) is 3.24. The van der Waals surface area contributed by atoms with Crippen molar-refractivity contribution >= 4 is 63.2 Å². The van der Waals surface area contributed by atoms with Crippen molar-refractivity contribution in [1.82, 2.24) is 5.01 Å². The Kier molecular flexibility index (Phi) is 4.87. The van der Waals surface area contributed by atoms with E-state index >= 15 is 0 Å². The van der Waals surface area contributed by atoms with E-state index in [2.05, 4.69) is 62.4 Å². The average molecular weight is 576 g/mol. The predicted molar refractivity (Wildman–Crippen MR) is 115 cm³/mol. The summed E-state index contributed by atoms with van der Waals surface area (Å²) in [5.74, 6) is 0.527. The molecule has 0 unspecified atom stereocenters. The molecule has 2 bridgehead atoms. The maximum Gasteiger partial charge on any atom is 0.254 e. The number of allylic oxidation sites excluding steroid dienone is 2. The molecule has 4 rings (SSSR count). The number of hydrazone groups is 1. The summed E-state index contributed by atoms with van der Waals surface area (Å²) >= 11 is 4.46. The number of carbonyl (C=O) groups excluding carboxylic acids is 2. The first-order chi connectivity index (χ1) is 12.4. The monoisotopic (exact) mass is 576 g/mol. The van der Waals surface area contributed by atoms with Crippen LogP contribution in [0.15, 0.2) is 29.4 Å². The fourth-order valence-electron chi connectivity index (χ4n) is 4.13. The molecule has 1 aromatic rings. The largest absolute Gasteiger partial charge is 0.489 e. The van der Waals surface area contributed by atoms with Crippen molar-refractivity contribution < 1.29 is 14.3 Å². The summed E-state index contributed by atoms with van der Waals surface area (Å²) in [4.78, 5) is 25.3. The van der Waals surface area contributed by atoms with Gasteiger partial charge in [0.1, 0.15) is 5.75 Å². The highest BCUT2D eigenvalue weighted by molar-refractivity contribution is 14.1. The van der Waals surface area contributed by atoms with Crippen LogP contribution in [0.4, 0.5) is 0 Å². The number of hydrogen-bond acceptors (Lipinski definition) is 4. The normalized spacial score (nSPS) is 29.5. The number of nitrogens with zero attached hydrogens (tertiary/aromatic N) is 2. The minimum Gasteiger partial charge on any atom is -0.489 e. The summed E-state index contributed by atoms with van der Waals surface area (Å²) in [6, 6.07) is 3.89. The van der Waals surface area contributed by atoms with Crippen molar-refractivity contribution in [2.24, 2.45) is 28.8 Å². The summed E-state index contributed by atoms with van der Waals surface area (Å²) in [6.45, 7) is 3.98. The van der Waals surface area contributed by atoms with E-state index in [0.29, 0.717) is 0 Å². The van der Waals surface area contributed by atoms with E-state index in [0.717, 1.165) is 29.9 Å². The molecule has 136 valence electrons. The van der Waals surface area contributed by atoms with Gasteiger partial charge in [-0.3, -0.25) is 9.59 Å². The Labute approximate surface area is 179 Å². The molecule has 0 N–H and O–H groups in total. The molecular formula is C19H18I2N2O3. The van der Waals surface area contributed by atoms with Crippen LogP contribution in [0.3, 0.4) is 0 Å². The standard InChI is InChI=1S/C19H18I2N2O3/c1-9(2)26-17-13(20)5-10(6-14(17)21)8-22-23-18(24)15-11-3-4-12(7-11)16(15)19(23)25/h3-6,8-9,11-12,15-16H,7H2,1-2H3/b22-8-/t11-,12-,15-,16+/m0/s1. The number of carbonyl (C=O) groups is 2. The summed E-state index contributed by atoms with van der Waals surface area (Å²) in [7, 11) is 0. The second kappa shape index (κ2) is 6.88. The third kappa shape index (κ3) is 3.00. The van der Waals surface area contributed by atoms with Gasteiger partial charge in [-0.1, -0.05) is 12.2 Å². The fourth-order valence-corrected chi connectivity index (χ4v) is 6.20. The molecule has 1 aliphatic heterocycles. The van der Waals surface area contributed by atoms with E-state index in [1.54, 1.807) is 6.21 Å². The molecule has 26 heavy (non-hydrogen) atoms. The number of imide groups is 1. The van der Waals surface area contributed by atoms with Gasteiger partial charge < -0.3 is 4.74 Å². The van der Waals surface area contributed by atoms with Gasteiger partial charge in [0, 0.05) is 0 Å². The second-order valence-corrected chi connectivity index (χ2v) is 9.54. The molecular weight excluding hydrogens is 558 g/mol. The Morgan fingerprint density at radius 2 is 1.65 bits per heavy atom. The van der Waals surface area contributed by atoms with Crippen LogP contribution in [0, 0.1) is 30.8 Å². The number of ether oxygens (including phenoxy) is 1. The predicted octanol–water partition coefficient (Wildman–Crippen LogP) is 3.82. The van der Waals surface area contributed by atoms with Crippen LogP contribution in [0.2, 0.25) is 0 Å². The zero-order valence-electron chi connectivity index (χ0n) is 14.4. The molecule has 5 nitrogen and oxygen atoms in total. The highest BCUT2D eigenvalue weighted by atomic mass is 127. The Hall–Kier alpha value is -0.970. The fraction of sp³-hybridized carbons (Fsp3) is 0.421. The lowest BCUT2D eigenvalue weighted by Crippen LogP contribution is -2.28. The van der Waals surface area contributed by atoms with Crippen molar-refractivity contribution in [1.29, 1.82) is 0 Å². The zero-order chi connectivity index (χ0) is 18.6. The number of amides is 2. The Bertz CT molecular complexity index is 796. The Morgan fingerprint density at radius 3 is 2.15 bits per heavy atom. The molecule has 1 heterocycles. The maximum atomic E-state index is 12.7. The van der Waals surface area contributed by atoms with Crippen molar-refractivity contribution in [3.8, 4) is 5.75 Å². The first kappa shape index (κ1) is 18.4. The highest BCUT2D eigenvalue weighted by Gasteiger charge is 2.59. The minimum absolute atomic E-state index is 0.0970. The van der Waals surface area contributed by atoms with Gasteiger partial charge in [0.25, 0.3) is 11.8 Å². The maximum absolute atomic E-state index is 12.7. The third-order valence-corrected chi connectivity index (χ3v) is 6.75. The number of halogens is 2. The van der Waals surface area contributed by atoms with Gasteiger partial charge in [-0.15, -0.1) is 0 Å². The molecule has 7 heteroatoms. The van der Waals surface area contributed by atoms with Gasteiger partial charge in [0.15, 0.2) is 0 Å². The molecule has 4 atom stereocenters. The highest BCUT2D eigenvalue weighted by Crippen LogP contribution is 2.52. The van der Waals surface area contributed by atoms with E-state index in [9.17, 15) is 9.59 Å². The number of hydrogen-bond donors (Lipinski definition) is 0. The topological polar surface area (TPSA) is 59.0 Å². The molecule has 1 saturated heterocycles. The number of fused-ring (bicyclic) bond motifs is 5. The van der Waals surface area contributed by atoms with E-state index in [1.165, 1.54) is 0 Å². The number of rotatable bonds is 4. The minimum atomic E-state index is -0.211. The summed E-state index contributed by atoms with van der Waals surface area (Å²) in [6.07, 6.45) is 6.79. The van der Waals surface area contributed by atoms with Gasteiger partial charge in [0.05, 0.1) is 31.3 Å². The lowest BCUT2D eigenvalue weighted by molar-refractivity contribution is -0.140. The van der Waals surface area contributed by atoms with Crippen LogP contribution in [-0.2, 0) is 9.59 Å². The molecule has 0 aromatic heterocycles. The quantitative estimate of drug-likeness (QED) is 0.237. The van der Waals surface area contributed by atoms with Crippen molar-refractivity contribution in [2.75, 3.05) is 0 Å². The van der Waals surface area contributed by atoms with Crippen molar-refractivity contribution in [2.45, 2.75) is 26.4 Å². The first-order valence-electron chi connectivity index (χ1n) is 8.62. The van der Waals surface area contributed by atoms with E-state index in [4.69, 9.17) is 4.74 Å². The van der Waals surface area contributed by atoms with Crippen LogP contribution < -0.4 is 4.74 Å². The lowest BCUT2D eigenvalue weighted by atomic mass is 9.85. The lowest BCUT2D eigenvalue weighted by Gasteiger charge is -2.14. The van der Waals surface area contributed by atoms with Crippen LogP contribution in [0.5, 0.6) is 5.75 Å². The third-order valence-electron chi connectivity index (χ3n) is 5.14. The second-order valence-electron chi connectivity index (χ2n) is 7.21. The molecule has 3 aliphatic rings. The zero-order valence-corrected chi connectivity index (χ0v) is 18.7. The van der Waals surface area contributed by atoms with Crippen molar-refractivity contribution in [3.63, 3.8) is 0 Å². The van der Waals surface area contributed by atoms with Gasteiger partial charge in [-0.25, -0.2) is 0 Å². The SMILES string of the molecule is CC(C)Oc1c(I)cc(/C=N\N2C(=O)[C@@H]3[C@H](C2=O)[C@H]2C=C[C@H]3C2)cc1I. The number of benzene rings is 1. The van der Waals surface area contributed by atoms with Crippen LogP contribution in [-0.4, -0.2) is 29.1 Å². The van der Waals surface area contributed by atoms with Gasteiger partial charge >= 0.3 is 0 Å². The molecule has 0 radical (unpaired) electrons. The molecule has 0 spiro atoms. The summed E-state index contributed by atoms with van der Waals surface area (Å²) in [5.41, 5.74) is 0.841. The summed E-state index contributed by atoms with van der Waals surface area (Å²) < 4.78 is 7.79. The van der Waals surface area contributed by atoms with Crippen LogP contribution in [0.25, 0.3) is 0 Å². The van der Waals surface area contributed by atoms with E-state index < -0.39 is 0 Å². The van der Waals surface area contributed by atoms with Gasteiger partial charge in [-0.2, -0.15) is 10.1 Å². The Morgan fingerprint density at radius 1 is 1.12 bits per heavy atom. The molecule has 1 aromatic carbocycles. The van der Waals surface area contributed by atoms with E-state index in [1.807, 2.05) is 26.0 Å². The van der Waals surface area contributed by atoms with Gasteiger partial charge in [-0.05, 0) is 95.0 Å². The van der Waals surface area contributed by atoms with E-state index in [-0.39, 0.29) is 41.6 Å². The molecule has 2 aliphatic carbocycles. The van der Waals surface area contributed by atoms with Crippen LogP contribution in [0.1, 0.15) is 25.8 Å².